The zero-order valence-electron chi connectivity index (χ0n) is 13.2. The van der Waals surface area contributed by atoms with E-state index in [1.807, 2.05) is 24.3 Å². The number of hydrogen-bond acceptors (Lipinski definition) is 3. The van der Waals surface area contributed by atoms with Gasteiger partial charge in [-0.3, -0.25) is 10.1 Å². The van der Waals surface area contributed by atoms with Crippen LogP contribution >= 0.6 is 15.9 Å². The van der Waals surface area contributed by atoms with Crippen molar-refractivity contribution in [3.05, 3.63) is 69.8 Å². The average molecular weight is 385 g/mol. The lowest BCUT2D eigenvalue weighted by atomic mass is 9.90. The zero-order chi connectivity index (χ0) is 16.7. The van der Waals surface area contributed by atoms with Gasteiger partial charge in [0.05, 0.1) is 13.2 Å². The maximum absolute atomic E-state index is 12.2. The van der Waals surface area contributed by atoms with E-state index in [1.165, 1.54) is 18.1 Å². The molecule has 0 spiro atoms. The highest BCUT2D eigenvalue weighted by Crippen LogP contribution is 2.35. The van der Waals surface area contributed by atoms with Crippen LogP contribution in [0.2, 0.25) is 0 Å². The van der Waals surface area contributed by atoms with Crippen LogP contribution < -0.4 is 5.32 Å². The molecule has 4 nitrogen and oxygen atoms in total. The molecule has 1 aliphatic heterocycles. The summed E-state index contributed by atoms with van der Waals surface area (Å²) in [7, 11) is 1.43. The minimum Gasteiger partial charge on any atom is -0.468 e. The van der Waals surface area contributed by atoms with Gasteiger partial charge in [-0.1, -0.05) is 46.3 Å². The molecule has 1 aromatic heterocycles. The van der Waals surface area contributed by atoms with Crippen LogP contribution in [0, 0.1) is 0 Å². The Morgan fingerprint density at radius 2 is 1.92 bits per heavy atom. The molecule has 4 rings (SSSR count). The van der Waals surface area contributed by atoms with Crippen molar-refractivity contribution >= 4 is 32.8 Å². The first kappa shape index (κ1) is 15.4. The molecule has 0 bridgehead atoms. The van der Waals surface area contributed by atoms with Crippen molar-refractivity contribution in [3.8, 4) is 0 Å². The molecular weight excluding hydrogens is 368 g/mol. The number of halogens is 1. The zero-order valence-corrected chi connectivity index (χ0v) is 14.8. The quantitative estimate of drug-likeness (QED) is 0.662. The lowest BCUT2D eigenvalue weighted by Crippen LogP contribution is -2.45. The molecule has 0 saturated carbocycles. The molecule has 24 heavy (non-hydrogen) atoms. The maximum atomic E-state index is 12.2. The predicted octanol–water partition coefficient (Wildman–Crippen LogP) is 3.71. The molecule has 1 aliphatic rings. The van der Waals surface area contributed by atoms with Crippen molar-refractivity contribution in [2.75, 3.05) is 7.11 Å². The number of benzene rings is 2. The monoisotopic (exact) mass is 384 g/mol. The molecule has 0 saturated heterocycles. The van der Waals surface area contributed by atoms with Gasteiger partial charge in [0.1, 0.15) is 6.04 Å². The Morgan fingerprint density at radius 3 is 2.67 bits per heavy atom. The van der Waals surface area contributed by atoms with Gasteiger partial charge in [-0.25, -0.2) is 0 Å². The number of ether oxygens (including phenoxy) is 1. The number of methoxy groups -OCH3 is 1. The summed E-state index contributed by atoms with van der Waals surface area (Å²) in [6.45, 7) is 0. The van der Waals surface area contributed by atoms with Crippen molar-refractivity contribution in [1.29, 1.82) is 0 Å². The molecule has 0 unspecified atom stereocenters. The number of esters is 1. The number of hydrogen-bond donors (Lipinski definition) is 2. The summed E-state index contributed by atoms with van der Waals surface area (Å²) in [5.74, 6) is -0.229. The van der Waals surface area contributed by atoms with Gasteiger partial charge in [-0.05, 0) is 29.3 Å². The summed E-state index contributed by atoms with van der Waals surface area (Å²) in [5, 5.41) is 4.61. The first-order valence-electron chi connectivity index (χ1n) is 7.86. The predicted molar refractivity (Wildman–Crippen MR) is 96.9 cm³/mol. The normalized spacial score (nSPS) is 19.9. The van der Waals surface area contributed by atoms with E-state index in [-0.39, 0.29) is 18.1 Å². The molecule has 2 heterocycles. The molecule has 2 atom stereocenters. The highest BCUT2D eigenvalue weighted by Gasteiger charge is 2.34. The molecule has 5 heteroatoms. The fraction of sp³-hybridized carbons (Fsp3) is 0.211. The number of rotatable bonds is 2. The lowest BCUT2D eigenvalue weighted by Gasteiger charge is -2.30. The third kappa shape index (κ3) is 2.54. The molecule has 0 amide bonds. The fourth-order valence-electron chi connectivity index (χ4n) is 3.45. The number of para-hydroxylation sites is 1. The highest BCUT2D eigenvalue weighted by atomic mass is 79.9. The topological polar surface area (TPSA) is 54.1 Å². The van der Waals surface area contributed by atoms with Crippen LogP contribution in [0.4, 0.5) is 0 Å². The number of H-pyrrole nitrogens is 1. The van der Waals surface area contributed by atoms with Crippen LogP contribution in [0.3, 0.4) is 0 Å². The van der Waals surface area contributed by atoms with E-state index < -0.39 is 0 Å². The van der Waals surface area contributed by atoms with Crippen LogP contribution in [0.1, 0.15) is 22.9 Å². The first-order chi connectivity index (χ1) is 11.7. The van der Waals surface area contributed by atoms with Crippen molar-refractivity contribution in [2.24, 2.45) is 0 Å². The summed E-state index contributed by atoms with van der Waals surface area (Å²) in [6, 6.07) is 16.0. The number of carbonyl (C=O) groups excluding carboxylic acids is 1. The summed E-state index contributed by atoms with van der Waals surface area (Å²) in [5.41, 5.74) is 4.52. The van der Waals surface area contributed by atoms with E-state index in [9.17, 15) is 4.79 Å². The van der Waals surface area contributed by atoms with Crippen LogP contribution in [0.15, 0.2) is 53.0 Å². The van der Waals surface area contributed by atoms with E-state index in [4.69, 9.17) is 4.74 Å². The van der Waals surface area contributed by atoms with E-state index >= 15 is 0 Å². The van der Waals surface area contributed by atoms with Gasteiger partial charge >= 0.3 is 5.97 Å². The standard InChI is InChI=1S/C19H17BrN2O2/c1-24-19(23)16-10-14-13-4-2-3-5-15(13)21-18(14)17(22-16)11-6-8-12(20)9-7-11/h2-9,16-17,21-22H,10H2,1H3/t16-,17+/m1/s1. The van der Waals surface area contributed by atoms with Crippen LogP contribution in [-0.2, 0) is 16.0 Å². The van der Waals surface area contributed by atoms with Crippen LogP contribution in [0.5, 0.6) is 0 Å². The summed E-state index contributed by atoms with van der Waals surface area (Å²) >= 11 is 3.47. The Kier molecular flexibility index (Phi) is 3.90. The fourth-order valence-corrected chi connectivity index (χ4v) is 3.71. The second-order valence-corrected chi connectivity index (χ2v) is 6.91. The van der Waals surface area contributed by atoms with E-state index in [2.05, 4.69) is 50.5 Å². The molecule has 3 aromatic rings. The lowest BCUT2D eigenvalue weighted by molar-refractivity contribution is -0.143. The number of aromatic nitrogens is 1. The van der Waals surface area contributed by atoms with Gasteiger partial charge in [0.15, 0.2) is 0 Å². The summed E-state index contributed by atoms with van der Waals surface area (Å²) < 4.78 is 6.01. The van der Waals surface area contributed by atoms with Crippen molar-refractivity contribution in [3.63, 3.8) is 0 Å². The highest BCUT2D eigenvalue weighted by molar-refractivity contribution is 9.10. The van der Waals surface area contributed by atoms with Crippen LogP contribution in [-0.4, -0.2) is 24.1 Å². The van der Waals surface area contributed by atoms with Crippen molar-refractivity contribution in [1.82, 2.24) is 10.3 Å². The SMILES string of the molecule is COC(=O)[C@H]1Cc2c([nH]c3ccccc23)[C@H](c2ccc(Br)cc2)N1. The Morgan fingerprint density at radius 1 is 1.17 bits per heavy atom. The molecular formula is C19H17BrN2O2. The van der Waals surface area contributed by atoms with Gasteiger partial charge < -0.3 is 9.72 Å². The minimum atomic E-state index is -0.352. The Balaban J connectivity index is 1.86. The third-order valence-electron chi connectivity index (χ3n) is 4.60. The molecule has 0 fully saturated rings. The van der Waals surface area contributed by atoms with Gasteiger partial charge in [0, 0.05) is 27.5 Å². The Labute approximate surface area is 148 Å². The van der Waals surface area contributed by atoms with E-state index in [0.29, 0.717) is 6.42 Å². The maximum Gasteiger partial charge on any atom is 0.323 e. The van der Waals surface area contributed by atoms with Crippen molar-refractivity contribution < 1.29 is 9.53 Å². The molecule has 0 radical (unpaired) electrons. The molecule has 0 aliphatic carbocycles. The molecule has 122 valence electrons. The minimum absolute atomic E-state index is 0.0710. The molecule has 2 aromatic carbocycles. The van der Waals surface area contributed by atoms with Gasteiger partial charge in [-0.15, -0.1) is 0 Å². The average Bonchev–Trinajstić information content (AvgIpc) is 2.99. The van der Waals surface area contributed by atoms with Gasteiger partial charge in [0.2, 0.25) is 0 Å². The van der Waals surface area contributed by atoms with Crippen LogP contribution in [0.25, 0.3) is 10.9 Å². The number of aromatic amines is 1. The second kappa shape index (κ2) is 6.07. The van der Waals surface area contributed by atoms with Gasteiger partial charge in [0.25, 0.3) is 0 Å². The largest absolute Gasteiger partial charge is 0.468 e. The molecule has 2 N–H and O–H groups in total. The van der Waals surface area contributed by atoms with E-state index in [1.54, 1.807) is 0 Å². The van der Waals surface area contributed by atoms with Gasteiger partial charge in [-0.2, -0.15) is 0 Å². The third-order valence-corrected chi connectivity index (χ3v) is 5.13. The number of nitrogens with one attached hydrogen (secondary N) is 2. The second-order valence-electron chi connectivity index (χ2n) is 5.99. The smallest absolute Gasteiger partial charge is 0.323 e. The number of fused-ring (bicyclic) bond motifs is 3. The number of carbonyl (C=O) groups is 1. The van der Waals surface area contributed by atoms with E-state index in [0.717, 1.165) is 21.2 Å². The Hall–Kier alpha value is -2.11. The first-order valence-corrected chi connectivity index (χ1v) is 8.65. The Bertz CT molecular complexity index is 901. The summed E-state index contributed by atoms with van der Waals surface area (Å²) in [6.07, 6.45) is 0.624. The van der Waals surface area contributed by atoms with Crippen molar-refractivity contribution in [2.45, 2.75) is 18.5 Å². The summed E-state index contributed by atoms with van der Waals surface area (Å²) in [4.78, 5) is 15.7.